The van der Waals surface area contributed by atoms with Crippen LogP contribution in [0.5, 0.6) is 11.5 Å². The second kappa shape index (κ2) is 8.10. The Hall–Kier alpha value is -2.73. The monoisotopic (exact) mass is 355 g/mol. The van der Waals surface area contributed by atoms with Crippen molar-refractivity contribution in [1.29, 1.82) is 0 Å². The van der Waals surface area contributed by atoms with Crippen molar-refractivity contribution in [2.24, 2.45) is 4.99 Å². The Kier molecular flexibility index (Phi) is 5.63. The summed E-state index contributed by atoms with van der Waals surface area (Å²) in [6, 6.07) is 13.8. The third-order valence-electron chi connectivity index (χ3n) is 4.35. The molecule has 2 aromatic carbocycles. The van der Waals surface area contributed by atoms with Crippen molar-refractivity contribution in [2.75, 3.05) is 27.4 Å². The summed E-state index contributed by atoms with van der Waals surface area (Å²) in [7, 11) is 3.69. The number of aliphatic hydroxyl groups is 1. The van der Waals surface area contributed by atoms with Gasteiger partial charge < -0.3 is 24.8 Å². The molecule has 0 fully saturated rings. The highest BCUT2D eigenvalue weighted by Crippen LogP contribution is 2.32. The molecule has 0 saturated carbocycles. The molecule has 1 heterocycles. The maximum atomic E-state index is 10.4. The molecule has 1 aliphatic rings. The lowest BCUT2D eigenvalue weighted by molar-refractivity contribution is 0.174. The van der Waals surface area contributed by atoms with Crippen LogP contribution in [0.1, 0.15) is 22.8 Å². The van der Waals surface area contributed by atoms with Gasteiger partial charge in [0, 0.05) is 27.2 Å². The van der Waals surface area contributed by atoms with Gasteiger partial charge in [0.15, 0.2) is 17.5 Å². The maximum absolute atomic E-state index is 10.4. The summed E-state index contributed by atoms with van der Waals surface area (Å²) in [6.07, 6.45) is -0.591. The van der Waals surface area contributed by atoms with Crippen LogP contribution >= 0.6 is 0 Å². The normalized spacial score (nSPS) is 14.2. The summed E-state index contributed by atoms with van der Waals surface area (Å²) < 4.78 is 10.8. The van der Waals surface area contributed by atoms with Gasteiger partial charge in [-0.05, 0) is 30.2 Å². The lowest BCUT2D eigenvalue weighted by atomic mass is 10.1. The van der Waals surface area contributed by atoms with Gasteiger partial charge in [0.25, 0.3) is 0 Å². The minimum Gasteiger partial charge on any atom is -0.454 e. The maximum Gasteiger partial charge on any atom is 0.231 e. The standard InChI is InChI=1S/C20H25N3O3/c1-14-4-7-16(8-5-14)17(24)11-22-20(21-2)23(3)12-15-6-9-18-19(10-15)26-13-25-18/h4-10,17,24H,11-13H2,1-3H3,(H,21,22). The molecule has 1 aliphatic heterocycles. The van der Waals surface area contributed by atoms with Crippen LogP contribution in [-0.4, -0.2) is 43.4 Å². The van der Waals surface area contributed by atoms with E-state index in [1.54, 1.807) is 7.05 Å². The number of rotatable bonds is 5. The van der Waals surface area contributed by atoms with Gasteiger partial charge in [0.05, 0.1) is 6.10 Å². The molecule has 6 nitrogen and oxygen atoms in total. The average molecular weight is 355 g/mol. The van der Waals surface area contributed by atoms with E-state index in [1.807, 2.05) is 61.3 Å². The molecule has 0 radical (unpaired) electrons. The van der Waals surface area contributed by atoms with Gasteiger partial charge >= 0.3 is 0 Å². The van der Waals surface area contributed by atoms with Crippen molar-refractivity contribution in [3.8, 4) is 11.5 Å². The van der Waals surface area contributed by atoms with E-state index >= 15 is 0 Å². The predicted octanol–water partition coefficient (Wildman–Crippen LogP) is 2.46. The summed E-state index contributed by atoms with van der Waals surface area (Å²) in [6.45, 7) is 3.36. The molecular weight excluding hydrogens is 330 g/mol. The highest BCUT2D eigenvalue weighted by atomic mass is 16.7. The number of aryl methyl sites for hydroxylation is 1. The smallest absolute Gasteiger partial charge is 0.231 e. The predicted molar refractivity (Wildman–Crippen MR) is 102 cm³/mol. The number of nitrogens with zero attached hydrogens (tertiary/aromatic N) is 2. The highest BCUT2D eigenvalue weighted by Gasteiger charge is 2.15. The first-order chi connectivity index (χ1) is 12.6. The Balaban J connectivity index is 1.57. The minimum atomic E-state index is -0.591. The zero-order valence-electron chi connectivity index (χ0n) is 15.4. The number of fused-ring (bicyclic) bond motifs is 1. The quantitative estimate of drug-likeness (QED) is 0.637. The number of aliphatic imine (C=N–C) groups is 1. The van der Waals surface area contributed by atoms with Crippen LogP contribution in [0.2, 0.25) is 0 Å². The fourth-order valence-corrected chi connectivity index (χ4v) is 2.87. The first-order valence-corrected chi connectivity index (χ1v) is 8.62. The fraction of sp³-hybridized carbons (Fsp3) is 0.350. The summed E-state index contributed by atoms with van der Waals surface area (Å²) >= 11 is 0. The number of hydrogen-bond acceptors (Lipinski definition) is 4. The minimum absolute atomic E-state index is 0.273. The molecule has 1 unspecified atom stereocenters. The topological polar surface area (TPSA) is 66.3 Å². The second-order valence-electron chi connectivity index (χ2n) is 6.40. The van der Waals surface area contributed by atoms with Crippen molar-refractivity contribution >= 4 is 5.96 Å². The van der Waals surface area contributed by atoms with Crippen LogP contribution in [0.15, 0.2) is 47.5 Å². The van der Waals surface area contributed by atoms with Crippen LogP contribution in [0.4, 0.5) is 0 Å². The van der Waals surface area contributed by atoms with E-state index in [1.165, 1.54) is 5.56 Å². The van der Waals surface area contributed by atoms with Crippen molar-refractivity contribution in [3.05, 3.63) is 59.2 Å². The Labute approximate surface area is 154 Å². The molecule has 0 spiro atoms. The molecule has 0 bridgehead atoms. The number of guanidine groups is 1. The summed E-state index contributed by atoms with van der Waals surface area (Å²) in [5, 5.41) is 13.6. The fourth-order valence-electron chi connectivity index (χ4n) is 2.87. The van der Waals surface area contributed by atoms with Gasteiger partial charge in [0.1, 0.15) is 0 Å². The van der Waals surface area contributed by atoms with Gasteiger partial charge in [-0.1, -0.05) is 35.9 Å². The Morgan fingerprint density at radius 3 is 2.65 bits per heavy atom. The molecule has 26 heavy (non-hydrogen) atoms. The van der Waals surface area contributed by atoms with Crippen LogP contribution < -0.4 is 14.8 Å². The Bertz CT molecular complexity index is 774. The Morgan fingerprint density at radius 2 is 1.92 bits per heavy atom. The summed E-state index contributed by atoms with van der Waals surface area (Å²) in [5.74, 6) is 2.27. The van der Waals surface area contributed by atoms with Crippen LogP contribution in [0.25, 0.3) is 0 Å². The second-order valence-corrected chi connectivity index (χ2v) is 6.40. The molecule has 0 amide bonds. The van der Waals surface area contributed by atoms with E-state index in [0.717, 1.165) is 22.6 Å². The molecule has 2 aromatic rings. The van der Waals surface area contributed by atoms with E-state index in [9.17, 15) is 5.11 Å². The van der Waals surface area contributed by atoms with E-state index < -0.39 is 6.10 Å². The Morgan fingerprint density at radius 1 is 1.19 bits per heavy atom. The molecule has 1 atom stereocenters. The van der Waals surface area contributed by atoms with Crippen molar-refractivity contribution in [3.63, 3.8) is 0 Å². The molecule has 0 saturated heterocycles. The third-order valence-corrected chi connectivity index (χ3v) is 4.35. The highest BCUT2D eigenvalue weighted by molar-refractivity contribution is 5.79. The van der Waals surface area contributed by atoms with Gasteiger partial charge in [-0.15, -0.1) is 0 Å². The van der Waals surface area contributed by atoms with Crippen molar-refractivity contribution < 1.29 is 14.6 Å². The molecule has 3 rings (SSSR count). The molecule has 2 N–H and O–H groups in total. The molecule has 0 aliphatic carbocycles. The zero-order chi connectivity index (χ0) is 18.5. The van der Waals surface area contributed by atoms with Crippen molar-refractivity contribution in [1.82, 2.24) is 10.2 Å². The average Bonchev–Trinajstić information content (AvgIpc) is 3.10. The van der Waals surface area contributed by atoms with E-state index in [0.29, 0.717) is 19.0 Å². The van der Waals surface area contributed by atoms with E-state index in [-0.39, 0.29) is 6.79 Å². The van der Waals surface area contributed by atoms with Gasteiger partial charge in [-0.2, -0.15) is 0 Å². The van der Waals surface area contributed by atoms with E-state index in [2.05, 4.69) is 10.3 Å². The largest absolute Gasteiger partial charge is 0.454 e. The SMILES string of the molecule is CN=C(NCC(O)c1ccc(C)cc1)N(C)Cc1ccc2c(c1)OCO2. The molecule has 138 valence electrons. The van der Waals surface area contributed by atoms with Crippen LogP contribution in [-0.2, 0) is 6.54 Å². The van der Waals surface area contributed by atoms with E-state index in [4.69, 9.17) is 9.47 Å². The number of aliphatic hydroxyl groups excluding tert-OH is 1. The summed E-state index contributed by atoms with van der Waals surface area (Å²) in [4.78, 5) is 6.30. The van der Waals surface area contributed by atoms with Crippen LogP contribution in [0.3, 0.4) is 0 Å². The third kappa shape index (κ3) is 4.26. The lowest BCUT2D eigenvalue weighted by Crippen LogP contribution is -2.40. The van der Waals surface area contributed by atoms with Gasteiger partial charge in [0.2, 0.25) is 6.79 Å². The summed E-state index contributed by atoms with van der Waals surface area (Å²) in [5.41, 5.74) is 3.16. The molecule has 0 aromatic heterocycles. The number of benzene rings is 2. The van der Waals surface area contributed by atoms with Gasteiger partial charge in [-0.25, -0.2) is 0 Å². The van der Waals surface area contributed by atoms with Crippen LogP contribution in [0, 0.1) is 6.92 Å². The lowest BCUT2D eigenvalue weighted by Gasteiger charge is -2.23. The zero-order valence-corrected chi connectivity index (χ0v) is 15.4. The first-order valence-electron chi connectivity index (χ1n) is 8.62. The van der Waals surface area contributed by atoms with Gasteiger partial charge in [-0.3, -0.25) is 4.99 Å². The number of nitrogens with one attached hydrogen (secondary N) is 1. The van der Waals surface area contributed by atoms with Crippen molar-refractivity contribution in [2.45, 2.75) is 19.6 Å². The number of ether oxygens (including phenoxy) is 2. The molecular formula is C20H25N3O3. The molecule has 6 heteroatoms. The number of hydrogen-bond donors (Lipinski definition) is 2. The first kappa shape index (κ1) is 18.1.